The molecule has 1 N–H and O–H groups in total. The van der Waals surface area contributed by atoms with E-state index in [-0.39, 0.29) is 24.3 Å². The van der Waals surface area contributed by atoms with Crippen LogP contribution in [0.15, 0.2) is 10.6 Å². The number of aromatic nitrogens is 3. The summed E-state index contributed by atoms with van der Waals surface area (Å²) in [6.07, 6.45) is 3.05. The van der Waals surface area contributed by atoms with Gasteiger partial charge in [0.15, 0.2) is 5.82 Å². The van der Waals surface area contributed by atoms with E-state index in [1.807, 2.05) is 11.8 Å². The number of rotatable bonds is 7. The number of nitrogens with one attached hydrogen (secondary N) is 1. The molecule has 1 fully saturated rings. The van der Waals surface area contributed by atoms with Crippen molar-refractivity contribution in [3.63, 3.8) is 0 Å². The fraction of sp³-hybridized carbons (Fsp3) is 0.609. The van der Waals surface area contributed by atoms with E-state index < -0.39 is 0 Å². The number of fused-ring (bicyclic) bond motifs is 1. The van der Waals surface area contributed by atoms with Crippen molar-refractivity contribution >= 4 is 23.5 Å². The quantitative estimate of drug-likeness (QED) is 0.706. The van der Waals surface area contributed by atoms with Gasteiger partial charge in [-0.1, -0.05) is 19.0 Å². The second-order valence-corrected chi connectivity index (χ2v) is 9.29. The van der Waals surface area contributed by atoms with Gasteiger partial charge in [-0.2, -0.15) is 0 Å². The van der Waals surface area contributed by atoms with Gasteiger partial charge in [0.2, 0.25) is 11.8 Å². The van der Waals surface area contributed by atoms with E-state index in [4.69, 9.17) is 14.5 Å². The molecule has 4 rings (SSSR count). The van der Waals surface area contributed by atoms with Crippen molar-refractivity contribution in [1.82, 2.24) is 20.0 Å². The summed E-state index contributed by atoms with van der Waals surface area (Å²) in [5.41, 5.74) is 2.05. The molecule has 9 heteroatoms. The van der Waals surface area contributed by atoms with Gasteiger partial charge in [0.05, 0.1) is 6.54 Å². The second-order valence-electron chi connectivity index (χ2n) is 9.29. The first kappa shape index (κ1) is 22.4. The topological polar surface area (TPSA) is 104 Å². The van der Waals surface area contributed by atoms with Gasteiger partial charge in [-0.15, -0.1) is 0 Å². The van der Waals surface area contributed by atoms with Gasteiger partial charge in [0.25, 0.3) is 0 Å². The highest BCUT2D eigenvalue weighted by Crippen LogP contribution is 2.32. The largest absolute Gasteiger partial charge is 0.360 e. The maximum Gasteiger partial charge on any atom is 0.239 e. The molecule has 9 nitrogen and oxygen atoms in total. The zero-order valence-corrected chi connectivity index (χ0v) is 19.3. The third kappa shape index (κ3) is 4.98. The van der Waals surface area contributed by atoms with Crippen LogP contribution in [-0.2, 0) is 16.0 Å². The Morgan fingerprint density at radius 2 is 2.09 bits per heavy atom. The lowest BCUT2D eigenvalue weighted by Crippen LogP contribution is -2.38. The van der Waals surface area contributed by atoms with Gasteiger partial charge >= 0.3 is 0 Å². The van der Waals surface area contributed by atoms with Crippen molar-refractivity contribution in [3.8, 4) is 0 Å². The fourth-order valence-corrected chi connectivity index (χ4v) is 4.40. The Kier molecular flexibility index (Phi) is 6.55. The standard InChI is InChI=1S/C23H32N6O3/c1-14(2)7-10-29-21(31)6-5-18-16(4)24-22(26-23(18)29)17-8-9-28(12-17)13-20(30)25-19-11-15(3)32-27-19/h11,14,17H,5-10,12-13H2,1-4H3,(H,25,27,30)/t17-/m0/s1. The van der Waals surface area contributed by atoms with Crippen LogP contribution in [-0.4, -0.2) is 58.0 Å². The third-order valence-electron chi connectivity index (χ3n) is 6.19. The number of aryl methyl sites for hydroxylation is 2. The van der Waals surface area contributed by atoms with Crippen molar-refractivity contribution in [2.45, 2.75) is 59.3 Å². The summed E-state index contributed by atoms with van der Waals surface area (Å²) in [4.78, 5) is 38.7. The third-order valence-corrected chi connectivity index (χ3v) is 6.19. The van der Waals surface area contributed by atoms with Crippen LogP contribution in [0.2, 0.25) is 0 Å². The first-order valence-corrected chi connectivity index (χ1v) is 11.4. The molecular weight excluding hydrogens is 408 g/mol. The van der Waals surface area contributed by atoms with Crippen LogP contribution in [0.5, 0.6) is 0 Å². The molecule has 0 spiro atoms. The molecule has 0 unspecified atom stereocenters. The molecule has 2 amide bonds. The highest BCUT2D eigenvalue weighted by Gasteiger charge is 2.32. The highest BCUT2D eigenvalue weighted by atomic mass is 16.5. The minimum Gasteiger partial charge on any atom is -0.360 e. The Morgan fingerprint density at radius 3 is 2.81 bits per heavy atom. The molecule has 4 heterocycles. The Morgan fingerprint density at radius 1 is 1.28 bits per heavy atom. The average Bonchev–Trinajstić information content (AvgIpc) is 3.35. The number of amides is 2. The maximum absolute atomic E-state index is 12.6. The molecule has 0 radical (unpaired) electrons. The predicted molar refractivity (Wildman–Crippen MR) is 121 cm³/mol. The van der Waals surface area contributed by atoms with Crippen molar-refractivity contribution in [3.05, 3.63) is 28.9 Å². The van der Waals surface area contributed by atoms with Gasteiger partial charge in [-0.25, -0.2) is 9.97 Å². The van der Waals surface area contributed by atoms with Crippen LogP contribution >= 0.6 is 0 Å². The Bertz CT molecular complexity index is 1000. The van der Waals surface area contributed by atoms with E-state index in [2.05, 4.69) is 29.2 Å². The van der Waals surface area contributed by atoms with Crippen LogP contribution in [0.1, 0.15) is 61.9 Å². The van der Waals surface area contributed by atoms with E-state index in [0.717, 1.165) is 42.3 Å². The summed E-state index contributed by atoms with van der Waals surface area (Å²) in [5, 5.41) is 6.57. The van der Waals surface area contributed by atoms with E-state index in [0.29, 0.717) is 43.4 Å². The van der Waals surface area contributed by atoms with Gasteiger partial charge < -0.3 is 9.84 Å². The summed E-state index contributed by atoms with van der Waals surface area (Å²) >= 11 is 0. The fourth-order valence-electron chi connectivity index (χ4n) is 4.40. The smallest absolute Gasteiger partial charge is 0.239 e. The van der Waals surface area contributed by atoms with Crippen molar-refractivity contribution in [2.24, 2.45) is 5.92 Å². The summed E-state index contributed by atoms with van der Waals surface area (Å²) in [7, 11) is 0. The van der Waals surface area contributed by atoms with Crippen molar-refractivity contribution < 1.29 is 14.1 Å². The van der Waals surface area contributed by atoms with E-state index >= 15 is 0 Å². The van der Waals surface area contributed by atoms with Crippen LogP contribution in [0.4, 0.5) is 11.6 Å². The molecular formula is C23H32N6O3. The molecule has 2 aromatic heterocycles. The predicted octanol–water partition coefficient (Wildman–Crippen LogP) is 2.83. The molecule has 0 aromatic carbocycles. The molecule has 2 aliphatic heterocycles. The molecule has 0 bridgehead atoms. The normalized spacial score (nSPS) is 19.0. The number of nitrogens with zero attached hydrogens (tertiary/aromatic N) is 5. The molecule has 0 saturated carbocycles. The Balaban J connectivity index is 1.44. The van der Waals surface area contributed by atoms with Gasteiger partial charge in [-0.05, 0) is 45.6 Å². The lowest BCUT2D eigenvalue weighted by molar-refractivity contribution is -0.119. The lowest BCUT2D eigenvalue weighted by atomic mass is 10.0. The van der Waals surface area contributed by atoms with Crippen molar-refractivity contribution in [1.29, 1.82) is 0 Å². The van der Waals surface area contributed by atoms with E-state index in [1.165, 1.54) is 0 Å². The molecule has 32 heavy (non-hydrogen) atoms. The summed E-state index contributed by atoms with van der Waals surface area (Å²) < 4.78 is 4.99. The maximum atomic E-state index is 12.6. The average molecular weight is 441 g/mol. The van der Waals surface area contributed by atoms with E-state index in [9.17, 15) is 9.59 Å². The summed E-state index contributed by atoms with van der Waals surface area (Å²) in [6.45, 7) is 10.6. The van der Waals surface area contributed by atoms with Gasteiger partial charge in [0.1, 0.15) is 17.4 Å². The number of carbonyl (C=O) groups excluding carboxylic acids is 2. The SMILES string of the molecule is Cc1cc(NC(=O)CN2CC[C@H](c3nc(C)c4c(n3)N(CCC(C)C)C(=O)CC4)C2)no1. The Labute approximate surface area is 188 Å². The highest BCUT2D eigenvalue weighted by molar-refractivity contribution is 5.95. The zero-order chi connectivity index (χ0) is 22.8. The second kappa shape index (κ2) is 9.36. The van der Waals surface area contributed by atoms with Gasteiger partial charge in [0, 0.05) is 42.8 Å². The summed E-state index contributed by atoms with van der Waals surface area (Å²) in [6, 6.07) is 1.70. The molecule has 0 aliphatic carbocycles. The first-order valence-electron chi connectivity index (χ1n) is 11.4. The molecule has 1 saturated heterocycles. The number of hydrogen-bond donors (Lipinski definition) is 1. The lowest BCUT2D eigenvalue weighted by Gasteiger charge is -2.30. The minimum atomic E-state index is -0.119. The number of anilines is 2. The number of likely N-dealkylation sites (tertiary alicyclic amines) is 1. The van der Waals surface area contributed by atoms with Crippen LogP contribution < -0.4 is 10.2 Å². The summed E-state index contributed by atoms with van der Waals surface area (Å²) in [5.74, 6) is 3.35. The number of carbonyl (C=O) groups is 2. The molecule has 2 aromatic rings. The monoisotopic (exact) mass is 440 g/mol. The molecule has 2 aliphatic rings. The first-order chi connectivity index (χ1) is 15.3. The minimum absolute atomic E-state index is 0.119. The molecule has 1 atom stereocenters. The van der Waals surface area contributed by atoms with Crippen LogP contribution in [0.3, 0.4) is 0 Å². The van der Waals surface area contributed by atoms with Crippen LogP contribution in [0, 0.1) is 19.8 Å². The Hall–Kier alpha value is -2.81. The zero-order valence-electron chi connectivity index (χ0n) is 19.3. The van der Waals surface area contributed by atoms with E-state index in [1.54, 1.807) is 13.0 Å². The van der Waals surface area contributed by atoms with Crippen molar-refractivity contribution in [2.75, 3.05) is 36.4 Å². The number of hydrogen-bond acceptors (Lipinski definition) is 7. The van der Waals surface area contributed by atoms with Gasteiger partial charge in [-0.3, -0.25) is 19.4 Å². The van der Waals surface area contributed by atoms with Crippen LogP contribution in [0.25, 0.3) is 0 Å². The molecule has 172 valence electrons.